The van der Waals surface area contributed by atoms with Crippen molar-refractivity contribution < 1.29 is 4.74 Å². The molecule has 0 aliphatic heterocycles. The summed E-state index contributed by atoms with van der Waals surface area (Å²) in [5.74, 6) is 0.758. The molecule has 5 nitrogen and oxygen atoms in total. The van der Waals surface area contributed by atoms with Gasteiger partial charge in [0.2, 0.25) is 0 Å². The van der Waals surface area contributed by atoms with E-state index in [1.54, 1.807) is 18.1 Å². The van der Waals surface area contributed by atoms with Crippen LogP contribution in [0.5, 0.6) is 5.75 Å². The number of ether oxygens (including phenoxy) is 1. The number of rotatable bonds is 4. The summed E-state index contributed by atoms with van der Waals surface area (Å²) in [4.78, 5) is 1.60. The van der Waals surface area contributed by atoms with Crippen molar-refractivity contribution in [1.29, 1.82) is 0 Å². The zero-order chi connectivity index (χ0) is 13.9. The summed E-state index contributed by atoms with van der Waals surface area (Å²) in [6, 6.07) is 7.69. The number of aromatic nitrogens is 3. The van der Waals surface area contributed by atoms with Gasteiger partial charge in [0.05, 0.1) is 19.0 Å². The molecule has 1 aromatic heterocycles. The van der Waals surface area contributed by atoms with Crippen LogP contribution in [-0.4, -0.2) is 27.6 Å². The van der Waals surface area contributed by atoms with Crippen LogP contribution < -0.4 is 10.1 Å². The fourth-order valence-electron chi connectivity index (χ4n) is 1.64. The van der Waals surface area contributed by atoms with Crippen LogP contribution in [0.25, 0.3) is 5.69 Å². The molecule has 102 valence electrons. The molecule has 0 aliphatic rings. The average Bonchev–Trinajstić information content (AvgIpc) is 2.84. The molecule has 0 unspecified atom stereocenters. The van der Waals surface area contributed by atoms with Crippen LogP contribution in [0.3, 0.4) is 0 Å². The van der Waals surface area contributed by atoms with Crippen molar-refractivity contribution in [2.45, 2.75) is 32.9 Å². The van der Waals surface area contributed by atoms with Crippen molar-refractivity contribution in [2.75, 3.05) is 7.11 Å². The molecule has 2 aromatic rings. The van der Waals surface area contributed by atoms with Crippen molar-refractivity contribution in [3.8, 4) is 11.4 Å². The highest BCUT2D eigenvalue weighted by Crippen LogP contribution is 2.20. The third-order valence-electron chi connectivity index (χ3n) is 2.64. The molecule has 0 bridgehead atoms. The van der Waals surface area contributed by atoms with E-state index in [4.69, 9.17) is 4.74 Å². The molecule has 0 aliphatic carbocycles. The molecule has 0 amide bonds. The van der Waals surface area contributed by atoms with E-state index in [1.165, 1.54) is 0 Å². The average molecular weight is 260 g/mol. The highest BCUT2D eigenvalue weighted by molar-refractivity contribution is 5.44. The molecular weight excluding hydrogens is 240 g/mol. The summed E-state index contributed by atoms with van der Waals surface area (Å²) in [5, 5.41) is 12.1. The van der Waals surface area contributed by atoms with Gasteiger partial charge in [-0.3, -0.25) is 0 Å². The molecule has 0 saturated carbocycles. The molecular formula is C14H20N4O. The molecule has 0 spiro atoms. The van der Waals surface area contributed by atoms with Gasteiger partial charge in [-0.15, -0.1) is 4.80 Å². The second-order valence-corrected chi connectivity index (χ2v) is 5.40. The van der Waals surface area contributed by atoms with Crippen LogP contribution in [0.2, 0.25) is 0 Å². The first-order valence-electron chi connectivity index (χ1n) is 6.29. The van der Waals surface area contributed by atoms with E-state index in [1.807, 2.05) is 24.3 Å². The highest BCUT2D eigenvalue weighted by Gasteiger charge is 2.11. The summed E-state index contributed by atoms with van der Waals surface area (Å²) >= 11 is 0. The smallest absolute Gasteiger partial charge is 0.146 e. The number of para-hydroxylation sites is 2. The number of nitrogens with zero attached hydrogens (tertiary/aromatic N) is 3. The molecule has 5 heteroatoms. The van der Waals surface area contributed by atoms with Crippen molar-refractivity contribution >= 4 is 0 Å². The number of methoxy groups -OCH3 is 1. The zero-order valence-corrected chi connectivity index (χ0v) is 11.8. The van der Waals surface area contributed by atoms with E-state index in [9.17, 15) is 0 Å². The van der Waals surface area contributed by atoms with Crippen LogP contribution in [0.15, 0.2) is 30.5 Å². The largest absolute Gasteiger partial charge is 0.494 e. The van der Waals surface area contributed by atoms with Crippen molar-refractivity contribution in [3.05, 3.63) is 36.2 Å². The Hall–Kier alpha value is -1.88. The van der Waals surface area contributed by atoms with Gasteiger partial charge in [-0.25, -0.2) is 0 Å². The van der Waals surface area contributed by atoms with Gasteiger partial charge >= 0.3 is 0 Å². The molecule has 1 N–H and O–H groups in total. The van der Waals surface area contributed by atoms with Gasteiger partial charge < -0.3 is 10.1 Å². The van der Waals surface area contributed by atoms with Gasteiger partial charge in [-0.1, -0.05) is 12.1 Å². The van der Waals surface area contributed by atoms with Crippen LogP contribution in [0.1, 0.15) is 26.5 Å². The highest BCUT2D eigenvalue weighted by atomic mass is 16.5. The summed E-state index contributed by atoms with van der Waals surface area (Å²) in [5.41, 5.74) is 1.81. The van der Waals surface area contributed by atoms with E-state index in [2.05, 4.69) is 36.3 Å². The molecule has 0 saturated heterocycles. The van der Waals surface area contributed by atoms with E-state index < -0.39 is 0 Å². The monoisotopic (exact) mass is 260 g/mol. The van der Waals surface area contributed by atoms with E-state index in [0.29, 0.717) is 6.54 Å². The van der Waals surface area contributed by atoms with Gasteiger partial charge in [-0.2, -0.15) is 10.2 Å². The topological polar surface area (TPSA) is 52.0 Å². The fourth-order valence-corrected chi connectivity index (χ4v) is 1.64. The predicted octanol–water partition coefficient (Wildman–Crippen LogP) is 2.16. The van der Waals surface area contributed by atoms with E-state index in [0.717, 1.165) is 17.1 Å². The van der Waals surface area contributed by atoms with Gasteiger partial charge in [0.1, 0.15) is 11.4 Å². The summed E-state index contributed by atoms with van der Waals surface area (Å²) < 4.78 is 5.31. The van der Waals surface area contributed by atoms with Crippen molar-refractivity contribution in [2.24, 2.45) is 0 Å². The lowest BCUT2D eigenvalue weighted by Crippen LogP contribution is -2.35. The number of hydrogen-bond donors (Lipinski definition) is 1. The molecule has 0 fully saturated rings. The van der Waals surface area contributed by atoms with Gasteiger partial charge in [0.25, 0.3) is 0 Å². The molecule has 19 heavy (non-hydrogen) atoms. The molecule has 0 atom stereocenters. The minimum Gasteiger partial charge on any atom is -0.494 e. The summed E-state index contributed by atoms with van der Waals surface area (Å²) in [6.07, 6.45) is 1.77. The van der Waals surface area contributed by atoms with E-state index in [-0.39, 0.29) is 5.54 Å². The minimum absolute atomic E-state index is 0.0637. The standard InChI is InChI=1S/C14H20N4O/c1-14(2,3)15-9-11-10-16-18(17-11)12-7-5-6-8-13(12)19-4/h5-8,10,15H,9H2,1-4H3. The Morgan fingerprint density at radius 3 is 2.68 bits per heavy atom. The molecule has 0 radical (unpaired) electrons. The maximum absolute atomic E-state index is 5.31. The number of nitrogens with one attached hydrogen (secondary N) is 1. The van der Waals surface area contributed by atoms with Gasteiger partial charge in [0, 0.05) is 12.1 Å². The first-order chi connectivity index (χ1) is 8.99. The first-order valence-corrected chi connectivity index (χ1v) is 6.29. The molecule has 2 rings (SSSR count). The second-order valence-electron chi connectivity index (χ2n) is 5.40. The first kappa shape index (κ1) is 13.5. The summed E-state index contributed by atoms with van der Waals surface area (Å²) in [6.45, 7) is 7.06. The maximum Gasteiger partial charge on any atom is 0.146 e. The van der Waals surface area contributed by atoms with Crippen molar-refractivity contribution in [1.82, 2.24) is 20.3 Å². The lowest BCUT2D eigenvalue weighted by molar-refractivity contribution is 0.408. The normalized spacial score (nSPS) is 11.6. The third-order valence-corrected chi connectivity index (χ3v) is 2.64. The second kappa shape index (κ2) is 5.40. The Labute approximate surface area is 113 Å². The maximum atomic E-state index is 5.31. The number of benzene rings is 1. The van der Waals surface area contributed by atoms with Crippen LogP contribution in [0.4, 0.5) is 0 Å². The lowest BCUT2D eigenvalue weighted by atomic mass is 10.1. The quantitative estimate of drug-likeness (QED) is 0.915. The van der Waals surface area contributed by atoms with E-state index >= 15 is 0 Å². The Morgan fingerprint density at radius 2 is 2.00 bits per heavy atom. The predicted molar refractivity (Wildman–Crippen MR) is 74.5 cm³/mol. The van der Waals surface area contributed by atoms with Crippen LogP contribution >= 0.6 is 0 Å². The molecule has 1 heterocycles. The third kappa shape index (κ3) is 3.54. The van der Waals surface area contributed by atoms with Crippen LogP contribution in [0, 0.1) is 0 Å². The lowest BCUT2D eigenvalue weighted by Gasteiger charge is -2.19. The molecule has 1 aromatic carbocycles. The number of hydrogen-bond acceptors (Lipinski definition) is 4. The Balaban J connectivity index is 2.17. The fraction of sp³-hybridized carbons (Fsp3) is 0.429. The van der Waals surface area contributed by atoms with Gasteiger partial charge in [-0.05, 0) is 32.9 Å². The van der Waals surface area contributed by atoms with Gasteiger partial charge in [0.15, 0.2) is 0 Å². The Bertz CT molecular complexity index is 542. The van der Waals surface area contributed by atoms with Crippen molar-refractivity contribution in [3.63, 3.8) is 0 Å². The Morgan fingerprint density at radius 1 is 1.26 bits per heavy atom. The SMILES string of the molecule is COc1ccccc1-n1ncc(CNC(C)(C)C)n1. The Kier molecular flexibility index (Phi) is 3.85. The minimum atomic E-state index is 0.0637. The zero-order valence-electron chi connectivity index (χ0n) is 11.8. The van der Waals surface area contributed by atoms with Crippen LogP contribution in [-0.2, 0) is 6.54 Å². The summed E-state index contributed by atoms with van der Waals surface area (Å²) in [7, 11) is 1.64.